The first-order chi connectivity index (χ1) is 8.58. The van der Waals surface area contributed by atoms with E-state index in [1.54, 1.807) is 0 Å². The standard InChI is InChI=1S/C12H18ClN3O2/c1-2-8(3-4-17)6-16-12(18)10-5-9(14)7-15-11(10)13/h5,7-8,17H,2-4,6,14H2,1H3,(H,16,18). The molecule has 1 aromatic rings. The van der Waals surface area contributed by atoms with Gasteiger partial charge >= 0.3 is 0 Å². The molecule has 1 amide bonds. The molecular formula is C12H18ClN3O2. The number of aliphatic hydroxyl groups is 1. The van der Waals surface area contributed by atoms with Gasteiger partial charge in [0.1, 0.15) is 5.15 Å². The van der Waals surface area contributed by atoms with Crippen LogP contribution in [-0.2, 0) is 0 Å². The monoisotopic (exact) mass is 271 g/mol. The Balaban J connectivity index is 2.62. The van der Waals surface area contributed by atoms with Crippen molar-refractivity contribution in [2.24, 2.45) is 5.92 Å². The number of nitrogen functional groups attached to an aromatic ring is 1. The lowest BCUT2D eigenvalue weighted by Gasteiger charge is -2.14. The highest BCUT2D eigenvalue weighted by Crippen LogP contribution is 2.15. The Kier molecular flexibility index (Phi) is 5.88. The van der Waals surface area contributed by atoms with E-state index in [1.807, 2.05) is 6.92 Å². The van der Waals surface area contributed by atoms with Crippen LogP contribution >= 0.6 is 11.6 Å². The molecule has 1 heterocycles. The second-order valence-corrected chi connectivity index (χ2v) is 4.46. The van der Waals surface area contributed by atoms with E-state index in [2.05, 4.69) is 10.3 Å². The summed E-state index contributed by atoms with van der Waals surface area (Å²) in [5.74, 6) is -0.0390. The minimum Gasteiger partial charge on any atom is -0.397 e. The van der Waals surface area contributed by atoms with Crippen molar-refractivity contribution in [1.82, 2.24) is 10.3 Å². The largest absolute Gasteiger partial charge is 0.397 e. The molecule has 5 nitrogen and oxygen atoms in total. The Morgan fingerprint density at radius 1 is 1.67 bits per heavy atom. The summed E-state index contributed by atoms with van der Waals surface area (Å²) >= 11 is 5.83. The van der Waals surface area contributed by atoms with Crippen LogP contribution < -0.4 is 11.1 Å². The minimum atomic E-state index is -0.295. The Morgan fingerprint density at radius 3 is 3.00 bits per heavy atom. The molecule has 1 unspecified atom stereocenters. The van der Waals surface area contributed by atoms with Crippen molar-refractivity contribution in [3.8, 4) is 0 Å². The fraction of sp³-hybridized carbons (Fsp3) is 0.500. The first-order valence-electron chi connectivity index (χ1n) is 5.88. The lowest BCUT2D eigenvalue weighted by atomic mass is 10.0. The lowest BCUT2D eigenvalue weighted by Crippen LogP contribution is -2.30. The fourth-order valence-corrected chi connectivity index (χ4v) is 1.78. The molecule has 4 N–H and O–H groups in total. The number of anilines is 1. The van der Waals surface area contributed by atoms with Gasteiger partial charge in [-0.05, 0) is 18.4 Å². The van der Waals surface area contributed by atoms with Crippen LogP contribution in [0.4, 0.5) is 5.69 Å². The number of hydrogen-bond donors (Lipinski definition) is 3. The molecule has 6 heteroatoms. The van der Waals surface area contributed by atoms with E-state index in [9.17, 15) is 4.79 Å². The summed E-state index contributed by atoms with van der Waals surface area (Å²) < 4.78 is 0. The molecule has 0 radical (unpaired) electrons. The summed E-state index contributed by atoms with van der Waals surface area (Å²) in [7, 11) is 0. The number of carbonyl (C=O) groups excluding carboxylic acids is 1. The smallest absolute Gasteiger partial charge is 0.254 e. The summed E-state index contributed by atoms with van der Waals surface area (Å²) in [6.45, 7) is 2.64. The second-order valence-electron chi connectivity index (χ2n) is 4.10. The van der Waals surface area contributed by atoms with E-state index in [1.165, 1.54) is 12.3 Å². The Bertz CT molecular complexity index is 412. The molecule has 1 atom stereocenters. The third-order valence-electron chi connectivity index (χ3n) is 2.77. The third kappa shape index (κ3) is 4.16. The van der Waals surface area contributed by atoms with E-state index in [4.69, 9.17) is 22.4 Å². The molecule has 0 aromatic carbocycles. The fourth-order valence-electron chi connectivity index (χ4n) is 1.59. The van der Waals surface area contributed by atoms with Crippen LogP contribution in [0.25, 0.3) is 0 Å². The van der Waals surface area contributed by atoms with Crippen molar-refractivity contribution in [2.45, 2.75) is 19.8 Å². The first-order valence-corrected chi connectivity index (χ1v) is 6.26. The highest BCUT2D eigenvalue weighted by Gasteiger charge is 2.13. The molecule has 0 saturated carbocycles. The summed E-state index contributed by atoms with van der Waals surface area (Å²) in [4.78, 5) is 15.7. The van der Waals surface area contributed by atoms with Gasteiger partial charge in [-0.2, -0.15) is 0 Å². The van der Waals surface area contributed by atoms with Gasteiger partial charge in [-0.3, -0.25) is 4.79 Å². The SMILES string of the molecule is CCC(CCO)CNC(=O)c1cc(N)cnc1Cl. The topological polar surface area (TPSA) is 88.2 Å². The number of nitrogens with two attached hydrogens (primary N) is 1. The molecule has 0 aliphatic rings. The van der Waals surface area contributed by atoms with Crippen LogP contribution in [-0.4, -0.2) is 29.1 Å². The van der Waals surface area contributed by atoms with E-state index in [0.29, 0.717) is 18.7 Å². The average molecular weight is 272 g/mol. The van der Waals surface area contributed by atoms with Gasteiger partial charge in [-0.15, -0.1) is 0 Å². The summed E-state index contributed by atoms with van der Waals surface area (Å²) in [5, 5.41) is 11.8. The maximum atomic E-state index is 11.9. The normalized spacial score (nSPS) is 12.2. The van der Waals surface area contributed by atoms with Crippen LogP contribution in [0.2, 0.25) is 5.15 Å². The number of aromatic nitrogens is 1. The molecule has 0 bridgehead atoms. The number of nitrogens with zero attached hydrogens (tertiary/aromatic N) is 1. The molecule has 18 heavy (non-hydrogen) atoms. The summed E-state index contributed by atoms with van der Waals surface area (Å²) in [6.07, 6.45) is 2.96. The van der Waals surface area contributed by atoms with Gasteiger partial charge in [0, 0.05) is 13.2 Å². The first kappa shape index (κ1) is 14.7. The predicted octanol–water partition coefficient (Wildman–Crippen LogP) is 1.46. The van der Waals surface area contributed by atoms with Gasteiger partial charge < -0.3 is 16.2 Å². The lowest BCUT2D eigenvalue weighted by molar-refractivity contribution is 0.0943. The van der Waals surface area contributed by atoms with Gasteiger partial charge in [0.05, 0.1) is 17.4 Å². The molecule has 0 fully saturated rings. The number of pyridine rings is 1. The van der Waals surface area contributed by atoms with Crippen LogP contribution in [0, 0.1) is 5.92 Å². The van der Waals surface area contributed by atoms with Crippen molar-refractivity contribution in [2.75, 3.05) is 18.9 Å². The maximum absolute atomic E-state index is 11.9. The Hall–Kier alpha value is -1.33. The highest BCUT2D eigenvalue weighted by atomic mass is 35.5. The number of amides is 1. The molecule has 1 aromatic heterocycles. The van der Waals surface area contributed by atoms with E-state index in [-0.39, 0.29) is 29.1 Å². The Morgan fingerprint density at radius 2 is 2.39 bits per heavy atom. The zero-order chi connectivity index (χ0) is 13.5. The predicted molar refractivity (Wildman–Crippen MR) is 71.5 cm³/mol. The Labute approximate surface area is 111 Å². The van der Waals surface area contributed by atoms with Gasteiger partial charge in [-0.25, -0.2) is 4.98 Å². The molecule has 1 rings (SSSR count). The second kappa shape index (κ2) is 7.18. The number of rotatable bonds is 6. The van der Waals surface area contributed by atoms with Crippen molar-refractivity contribution in [3.63, 3.8) is 0 Å². The quantitative estimate of drug-likeness (QED) is 0.684. The third-order valence-corrected chi connectivity index (χ3v) is 3.07. The number of halogens is 1. The van der Waals surface area contributed by atoms with E-state index >= 15 is 0 Å². The summed E-state index contributed by atoms with van der Waals surface area (Å²) in [5.41, 5.74) is 6.23. The maximum Gasteiger partial charge on any atom is 0.254 e. The number of nitrogens with one attached hydrogen (secondary N) is 1. The molecular weight excluding hydrogens is 254 g/mol. The van der Waals surface area contributed by atoms with Crippen molar-refractivity contribution >= 4 is 23.2 Å². The number of hydrogen-bond acceptors (Lipinski definition) is 4. The van der Waals surface area contributed by atoms with Gasteiger partial charge in [0.15, 0.2) is 0 Å². The van der Waals surface area contributed by atoms with Gasteiger partial charge in [-0.1, -0.05) is 24.9 Å². The van der Waals surface area contributed by atoms with Gasteiger partial charge in [0.2, 0.25) is 0 Å². The van der Waals surface area contributed by atoms with E-state index in [0.717, 1.165) is 6.42 Å². The average Bonchev–Trinajstić information content (AvgIpc) is 2.37. The van der Waals surface area contributed by atoms with Crippen LogP contribution in [0.5, 0.6) is 0 Å². The van der Waals surface area contributed by atoms with Crippen molar-refractivity contribution in [3.05, 3.63) is 23.0 Å². The molecule has 0 aliphatic carbocycles. The zero-order valence-electron chi connectivity index (χ0n) is 10.3. The highest BCUT2D eigenvalue weighted by molar-refractivity contribution is 6.32. The van der Waals surface area contributed by atoms with Crippen LogP contribution in [0.3, 0.4) is 0 Å². The van der Waals surface area contributed by atoms with Crippen LogP contribution in [0.15, 0.2) is 12.3 Å². The molecule has 0 saturated heterocycles. The van der Waals surface area contributed by atoms with Gasteiger partial charge in [0.25, 0.3) is 5.91 Å². The molecule has 0 aliphatic heterocycles. The minimum absolute atomic E-state index is 0.120. The number of aliphatic hydroxyl groups excluding tert-OH is 1. The van der Waals surface area contributed by atoms with Crippen molar-refractivity contribution < 1.29 is 9.90 Å². The molecule has 0 spiro atoms. The van der Waals surface area contributed by atoms with Crippen molar-refractivity contribution in [1.29, 1.82) is 0 Å². The molecule has 100 valence electrons. The van der Waals surface area contributed by atoms with E-state index < -0.39 is 0 Å². The zero-order valence-corrected chi connectivity index (χ0v) is 11.1. The number of carbonyl (C=O) groups is 1. The summed E-state index contributed by atoms with van der Waals surface area (Å²) in [6, 6.07) is 1.50. The van der Waals surface area contributed by atoms with Crippen LogP contribution in [0.1, 0.15) is 30.1 Å².